The van der Waals surface area contributed by atoms with E-state index >= 15 is 0 Å². The number of aromatic nitrogens is 1. The molecule has 0 aliphatic heterocycles. The highest BCUT2D eigenvalue weighted by Gasteiger charge is 2.17. The third kappa shape index (κ3) is 4.97. The Morgan fingerprint density at radius 2 is 1.79 bits per heavy atom. The minimum Gasteiger partial charge on any atom is -0.497 e. The van der Waals surface area contributed by atoms with Gasteiger partial charge in [0.15, 0.2) is 6.61 Å². The van der Waals surface area contributed by atoms with Crippen molar-refractivity contribution in [2.75, 3.05) is 19.0 Å². The number of hydrogen-bond donors (Lipinski definition) is 1. The number of fused-ring (bicyclic) bond motifs is 1. The van der Waals surface area contributed by atoms with E-state index in [0.717, 1.165) is 5.56 Å². The summed E-state index contributed by atoms with van der Waals surface area (Å²) >= 11 is 0. The summed E-state index contributed by atoms with van der Waals surface area (Å²) in [5.41, 5.74) is 3.22. The fraction of sp³-hybridized carbons (Fsp3) is 0.0769. The van der Waals surface area contributed by atoms with Crippen molar-refractivity contribution in [2.24, 2.45) is 0 Å². The number of rotatable bonds is 6. The Morgan fingerprint density at radius 3 is 2.55 bits per heavy atom. The van der Waals surface area contributed by atoms with Gasteiger partial charge in [0.25, 0.3) is 5.91 Å². The second-order valence-corrected chi connectivity index (χ2v) is 7.12. The molecule has 1 heterocycles. The molecule has 0 atom stereocenters. The van der Waals surface area contributed by atoms with Crippen molar-refractivity contribution in [1.82, 2.24) is 4.98 Å². The molecule has 0 spiro atoms. The Hall–Kier alpha value is -4.70. The molecule has 33 heavy (non-hydrogen) atoms. The number of methoxy groups -OCH3 is 1. The molecule has 7 nitrogen and oxygen atoms in total. The van der Waals surface area contributed by atoms with Gasteiger partial charge in [0.05, 0.1) is 35.5 Å². The number of carbonyl (C=O) groups is 2. The van der Waals surface area contributed by atoms with Crippen LogP contribution in [0.5, 0.6) is 5.75 Å². The Bertz CT molecular complexity index is 1370. The molecule has 0 aliphatic rings. The molecular formula is C26H19N3O4. The average Bonchev–Trinajstić information content (AvgIpc) is 2.86. The van der Waals surface area contributed by atoms with Crippen molar-refractivity contribution in [1.29, 1.82) is 5.26 Å². The number of nitrogens with one attached hydrogen (secondary N) is 1. The highest BCUT2D eigenvalue weighted by Crippen LogP contribution is 2.27. The van der Waals surface area contributed by atoms with Crippen molar-refractivity contribution in [3.8, 4) is 23.1 Å². The molecule has 3 aromatic carbocycles. The predicted octanol–water partition coefficient (Wildman–Crippen LogP) is 4.58. The summed E-state index contributed by atoms with van der Waals surface area (Å²) in [5, 5.41) is 12.2. The van der Waals surface area contributed by atoms with Crippen LogP contribution in [0.1, 0.15) is 15.9 Å². The number of hydrogen-bond acceptors (Lipinski definition) is 6. The van der Waals surface area contributed by atoms with Gasteiger partial charge in [-0.2, -0.15) is 5.26 Å². The smallest absolute Gasteiger partial charge is 0.339 e. The lowest BCUT2D eigenvalue weighted by atomic mass is 10.0. The van der Waals surface area contributed by atoms with Gasteiger partial charge in [0, 0.05) is 16.6 Å². The summed E-state index contributed by atoms with van der Waals surface area (Å²) in [6.07, 6.45) is 0. The maximum Gasteiger partial charge on any atom is 0.339 e. The molecule has 162 valence electrons. The monoisotopic (exact) mass is 437 g/mol. The number of nitrogens with zero attached hydrogens (tertiary/aromatic N) is 2. The number of esters is 1. The molecule has 0 unspecified atom stereocenters. The maximum absolute atomic E-state index is 12.9. The maximum atomic E-state index is 12.9. The quantitative estimate of drug-likeness (QED) is 0.443. The normalized spacial score (nSPS) is 10.3. The minimum atomic E-state index is -0.635. The third-order valence-electron chi connectivity index (χ3n) is 4.93. The lowest BCUT2D eigenvalue weighted by Gasteiger charge is -2.11. The van der Waals surface area contributed by atoms with E-state index in [1.165, 1.54) is 6.07 Å². The SMILES string of the molecule is COc1ccc(-c2cc(C(=O)OCC(=O)Nc3cccc(C#N)c3)c3ccccc3n2)cc1. The number of nitriles is 1. The first kappa shape index (κ1) is 21.5. The largest absolute Gasteiger partial charge is 0.497 e. The van der Waals surface area contributed by atoms with E-state index in [-0.39, 0.29) is 0 Å². The van der Waals surface area contributed by atoms with Gasteiger partial charge in [0.2, 0.25) is 0 Å². The lowest BCUT2D eigenvalue weighted by Crippen LogP contribution is -2.21. The van der Waals surface area contributed by atoms with Crippen molar-refractivity contribution in [3.63, 3.8) is 0 Å². The molecule has 0 saturated carbocycles. The molecule has 0 radical (unpaired) electrons. The molecule has 1 N–H and O–H groups in total. The van der Waals surface area contributed by atoms with Crippen LogP contribution in [-0.4, -0.2) is 30.6 Å². The van der Waals surface area contributed by atoms with Crippen molar-refractivity contribution < 1.29 is 19.1 Å². The van der Waals surface area contributed by atoms with Gasteiger partial charge >= 0.3 is 5.97 Å². The fourth-order valence-corrected chi connectivity index (χ4v) is 3.33. The standard InChI is InChI=1S/C26H19N3O4/c1-32-20-11-9-18(10-12-20)24-14-22(21-7-2-3-8-23(21)29-24)26(31)33-16-25(30)28-19-6-4-5-17(13-19)15-27/h2-14H,16H2,1H3,(H,28,30). The Labute approximate surface area is 190 Å². The Morgan fingerprint density at radius 1 is 1.00 bits per heavy atom. The first-order valence-corrected chi connectivity index (χ1v) is 10.1. The zero-order valence-corrected chi connectivity index (χ0v) is 17.7. The highest BCUT2D eigenvalue weighted by molar-refractivity contribution is 6.05. The zero-order valence-electron chi connectivity index (χ0n) is 17.7. The van der Waals surface area contributed by atoms with E-state index < -0.39 is 18.5 Å². The number of amides is 1. The summed E-state index contributed by atoms with van der Waals surface area (Å²) in [6.45, 7) is -0.468. The van der Waals surface area contributed by atoms with E-state index in [1.54, 1.807) is 37.4 Å². The molecular weight excluding hydrogens is 418 g/mol. The van der Waals surface area contributed by atoms with Crippen LogP contribution in [0.2, 0.25) is 0 Å². The zero-order chi connectivity index (χ0) is 23.2. The van der Waals surface area contributed by atoms with Gasteiger partial charge in [-0.25, -0.2) is 9.78 Å². The molecule has 0 saturated heterocycles. The van der Waals surface area contributed by atoms with Crippen LogP contribution in [0.15, 0.2) is 78.9 Å². The first-order valence-electron chi connectivity index (χ1n) is 10.1. The lowest BCUT2D eigenvalue weighted by molar-refractivity contribution is -0.119. The molecule has 4 rings (SSSR count). The van der Waals surface area contributed by atoms with E-state index in [0.29, 0.717) is 39.2 Å². The average molecular weight is 437 g/mol. The summed E-state index contributed by atoms with van der Waals surface area (Å²) < 4.78 is 10.5. The minimum absolute atomic E-state index is 0.311. The van der Waals surface area contributed by atoms with Gasteiger partial charge in [0.1, 0.15) is 5.75 Å². The van der Waals surface area contributed by atoms with Crippen LogP contribution in [0.4, 0.5) is 5.69 Å². The van der Waals surface area contributed by atoms with Gasteiger partial charge in [-0.15, -0.1) is 0 Å². The van der Waals surface area contributed by atoms with Gasteiger partial charge in [-0.1, -0.05) is 24.3 Å². The number of para-hydroxylation sites is 1. The van der Waals surface area contributed by atoms with Crippen molar-refractivity contribution in [2.45, 2.75) is 0 Å². The molecule has 0 aliphatic carbocycles. The second-order valence-electron chi connectivity index (χ2n) is 7.12. The van der Waals surface area contributed by atoms with Gasteiger partial charge in [-0.3, -0.25) is 4.79 Å². The van der Waals surface area contributed by atoms with E-state index in [4.69, 9.17) is 14.7 Å². The van der Waals surface area contributed by atoms with Crippen LogP contribution in [0, 0.1) is 11.3 Å². The van der Waals surface area contributed by atoms with E-state index in [2.05, 4.69) is 10.3 Å². The molecule has 1 aromatic heterocycles. The number of pyridine rings is 1. The molecule has 4 aromatic rings. The van der Waals surface area contributed by atoms with E-state index in [1.807, 2.05) is 48.5 Å². The second kappa shape index (κ2) is 9.62. The van der Waals surface area contributed by atoms with E-state index in [9.17, 15) is 9.59 Å². The Kier molecular flexibility index (Phi) is 6.28. The van der Waals surface area contributed by atoms with Crippen LogP contribution < -0.4 is 10.1 Å². The third-order valence-corrected chi connectivity index (χ3v) is 4.93. The number of anilines is 1. The summed E-state index contributed by atoms with van der Waals surface area (Å²) in [6, 6.07) is 24.7. The first-order chi connectivity index (χ1) is 16.1. The van der Waals surface area contributed by atoms with Gasteiger partial charge < -0.3 is 14.8 Å². The van der Waals surface area contributed by atoms with Crippen molar-refractivity contribution >= 4 is 28.5 Å². The van der Waals surface area contributed by atoms with Crippen LogP contribution in [-0.2, 0) is 9.53 Å². The highest BCUT2D eigenvalue weighted by atomic mass is 16.5. The Balaban J connectivity index is 1.55. The summed E-state index contributed by atoms with van der Waals surface area (Å²) in [4.78, 5) is 29.8. The predicted molar refractivity (Wildman–Crippen MR) is 124 cm³/mol. The van der Waals surface area contributed by atoms with Crippen molar-refractivity contribution in [3.05, 3.63) is 90.0 Å². The van der Waals surface area contributed by atoms with Crippen LogP contribution >= 0.6 is 0 Å². The fourth-order valence-electron chi connectivity index (χ4n) is 3.33. The summed E-state index contributed by atoms with van der Waals surface area (Å²) in [7, 11) is 1.59. The molecule has 0 fully saturated rings. The van der Waals surface area contributed by atoms with Crippen LogP contribution in [0.25, 0.3) is 22.2 Å². The summed E-state index contributed by atoms with van der Waals surface area (Å²) in [5.74, 6) is -0.429. The topological polar surface area (TPSA) is 101 Å². The number of carbonyl (C=O) groups excluding carboxylic acids is 2. The van der Waals surface area contributed by atoms with Gasteiger partial charge in [-0.05, 0) is 54.6 Å². The van der Waals surface area contributed by atoms with Crippen LogP contribution in [0.3, 0.4) is 0 Å². The molecule has 0 bridgehead atoms. The number of benzene rings is 3. The molecule has 1 amide bonds. The number of ether oxygens (including phenoxy) is 2. The molecule has 7 heteroatoms.